The highest BCUT2D eigenvalue weighted by Gasteiger charge is 2.13. The maximum absolute atomic E-state index is 10.6. The molecule has 0 bridgehead atoms. The lowest BCUT2D eigenvalue weighted by atomic mass is 10.1. The van der Waals surface area contributed by atoms with Crippen molar-refractivity contribution in [2.24, 2.45) is 4.99 Å². The van der Waals surface area contributed by atoms with E-state index in [0.717, 1.165) is 12.0 Å². The highest BCUT2D eigenvalue weighted by atomic mass is 35.5. The minimum Gasteiger partial charge on any atom is -0.298 e. The summed E-state index contributed by atoms with van der Waals surface area (Å²) in [7, 11) is 0. The number of allylic oxidation sites excluding steroid dienone is 3. The zero-order valence-corrected chi connectivity index (χ0v) is 8.69. The topological polar surface area (TPSA) is 29.4 Å². The predicted molar refractivity (Wildman–Crippen MR) is 55.2 cm³/mol. The molecule has 1 rings (SSSR count). The van der Waals surface area contributed by atoms with Crippen molar-refractivity contribution in [3.05, 3.63) is 22.4 Å². The van der Waals surface area contributed by atoms with Crippen molar-refractivity contribution < 1.29 is 4.79 Å². The monoisotopic (exact) mass is 217 g/mol. The van der Waals surface area contributed by atoms with Crippen molar-refractivity contribution >= 4 is 34.7 Å². The lowest BCUT2D eigenvalue weighted by molar-refractivity contribution is -0.104. The molecule has 0 aromatic carbocycles. The number of hydrogen-bond acceptors (Lipinski definition) is 2. The molecule has 0 N–H and O–H groups in total. The second-order valence-corrected chi connectivity index (χ2v) is 3.49. The molecule has 0 aliphatic carbocycles. The number of hydrogen-bond donors (Lipinski definition) is 0. The predicted octanol–water partition coefficient (Wildman–Crippen LogP) is 3.01. The summed E-state index contributed by atoms with van der Waals surface area (Å²) in [5, 5.41) is 0.637. The normalized spacial score (nSPS) is 17.8. The third-order valence-corrected chi connectivity index (χ3v) is 2.47. The van der Waals surface area contributed by atoms with Gasteiger partial charge in [-0.3, -0.25) is 4.79 Å². The van der Waals surface area contributed by atoms with Crippen molar-refractivity contribution in [2.75, 3.05) is 0 Å². The molecular formula is C9H9Cl2NO. The molecule has 0 amide bonds. The zero-order valence-electron chi connectivity index (χ0n) is 7.18. The van der Waals surface area contributed by atoms with Crippen LogP contribution in [0.3, 0.4) is 0 Å². The maximum atomic E-state index is 10.6. The van der Waals surface area contributed by atoms with Crippen LogP contribution in [0.1, 0.15) is 19.8 Å². The van der Waals surface area contributed by atoms with Crippen LogP contribution in [0.4, 0.5) is 0 Å². The van der Waals surface area contributed by atoms with E-state index in [2.05, 4.69) is 4.99 Å². The Morgan fingerprint density at radius 3 is 2.85 bits per heavy atom. The van der Waals surface area contributed by atoms with Crippen LogP contribution >= 0.6 is 23.2 Å². The van der Waals surface area contributed by atoms with Gasteiger partial charge in [0, 0.05) is 17.7 Å². The zero-order chi connectivity index (χ0) is 9.84. The van der Waals surface area contributed by atoms with Gasteiger partial charge < -0.3 is 0 Å². The van der Waals surface area contributed by atoms with Crippen LogP contribution in [-0.2, 0) is 4.79 Å². The minimum absolute atomic E-state index is 0.170. The average molecular weight is 218 g/mol. The molecule has 0 saturated heterocycles. The number of nitrogens with zero attached hydrogens (tertiary/aromatic N) is 1. The van der Waals surface area contributed by atoms with E-state index >= 15 is 0 Å². The van der Waals surface area contributed by atoms with Gasteiger partial charge in [0.25, 0.3) is 0 Å². The molecule has 0 atom stereocenters. The molecule has 1 aliphatic heterocycles. The van der Waals surface area contributed by atoms with E-state index in [0.29, 0.717) is 23.3 Å². The molecule has 0 saturated carbocycles. The molecule has 4 heteroatoms. The van der Waals surface area contributed by atoms with Crippen LogP contribution < -0.4 is 0 Å². The van der Waals surface area contributed by atoms with Gasteiger partial charge in [-0.2, -0.15) is 0 Å². The van der Waals surface area contributed by atoms with Gasteiger partial charge >= 0.3 is 0 Å². The van der Waals surface area contributed by atoms with E-state index in [1.165, 1.54) is 0 Å². The summed E-state index contributed by atoms with van der Waals surface area (Å²) in [5.41, 5.74) is 1.36. The highest BCUT2D eigenvalue weighted by Crippen LogP contribution is 2.25. The molecular weight excluding hydrogens is 209 g/mol. The molecule has 13 heavy (non-hydrogen) atoms. The average Bonchev–Trinajstić information content (AvgIpc) is 2.25. The van der Waals surface area contributed by atoms with Crippen LogP contribution in [0.15, 0.2) is 27.4 Å². The number of aliphatic imine (C=N–C) groups is 1. The largest absolute Gasteiger partial charge is 0.298 e. The fraction of sp³-hybridized carbons (Fsp3) is 0.333. The Labute approximate surface area is 86.9 Å². The third kappa shape index (κ3) is 2.42. The van der Waals surface area contributed by atoms with Crippen molar-refractivity contribution in [1.82, 2.24) is 0 Å². The number of carbonyl (C=O) groups is 1. The van der Waals surface area contributed by atoms with Crippen LogP contribution in [0.5, 0.6) is 0 Å². The molecule has 2 nitrogen and oxygen atoms in total. The quantitative estimate of drug-likeness (QED) is 0.655. The van der Waals surface area contributed by atoms with E-state index in [9.17, 15) is 4.79 Å². The lowest BCUT2D eigenvalue weighted by Gasteiger charge is -2.00. The lowest BCUT2D eigenvalue weighted by Crippen LogP contribution is -1.96. The first-order chi connectivity index (χ1) is 6.19. The van der Waals surface area contributed by atoms with Gasteiger partial charge in [-0.05, 0) is 12.0 Å². The first kappa shape index (κ1) is 10.5. The van der Waals surface area contributed by atoms with E-state index < -0.39 is 0 Å². The van der Waals surface area contributed by atoms with E-state index in [-0.39, 0.29) is 5.17 Å². The molecule has 0 unspecified atom stereocenters. The molecule has 70 valence electrons. The molecule has 0 fully saturated rings. The van der Waals surface area contributed by atoms with Crippen LogP contribution in [0.25, 0.3) is 0 Å². The third-order valence-electron chi connectivity index (χ3n) is 1.83. The van der Waals surface area contributed by atoms with Crippen molar-refractivity contribution in [1.29, 1.82) is 0 Å². The molecule has 1 aliphatic rings. The number of carbonyl (C=O) groups excluding carboxylic acids is 1. The summed E-state index contributed by atoms with van der Waals surface area (Å²) in [6, 6.07) is 0. The fourth-order valence-electron chi connectivity index (χ4n) is 0.998. The van der Waals surface area contributed by atoms with Gasteiger partial charge in [0.2, 0.25) is 0 Å². The smallest absolute Gasteiger partial charge is 0.154 e. The van der Waals surface area contributed by atoms with Gasteiger partial charge in [-0.25, -0.2) is 4.99 Å². The minimum atomic E-state index is 0.170. The first-order valence-electron chi connectivity index (χ1n) is 3.94. The maximum Gasteiger partial charge on any atom is 0.154 e. The van der Waals surface area contributed by atoms with E-state index in [4.69, 9.17) is 23.2 Å². The first-order valence-corrected chi connectivity index (χ1v) is 4.70. The van der Waals surface area contributed by atoms with Gasteiger partial charge in [0.15, 0.2) is 6.29 Å². The van der Waals surface area contributed by atoms with Gasteiger partial charge in [0.05, 0.1) is 5.57 Å². The summed E-state index contributed by atoms with van der Waals surface area (Å²) in [4.78, 5) is 14.5. The second-order valence-electron chi connectivity index (χ2n) is 2.67. The van der Waals surface area contributed by atoms with E-state index in [1.54, 1.807) is 6.20 Å². The number of halogens is 2. The van der Waals surface area contributed by atoms with Crippen molar-refractivity contribution in [3.8, 4) is 0 Å². The van der Waals surface area contributed by atoms with Gasteiger partial charge in [-0.15, -0.1) is 0 Å². The molecule has 0 aromatic heterocycles. The summed E-state index contributed by atoms with van der Waals surface area (Å²) >= 11 is 11.6. The molecule has 0 spiro atoms. The van der Waals surface area contributed by atoms with Crippen LogP contribution in [0.2, 0.25) is 0 Å². The number of rotatable bonds is 2. The summed E-state index contributed by atoms with van der Waals surface area (Å²) in [6.07, 6.45) is 3.73. The standard InChI is InChI=1S/C9H9Cl2NO/c1-2-6-3-8(10)7(5-13)9(11)12-4-6/h4-5H,2-3H2,1H3. The van der Waals surface area contributed by atoms with Gasteiger partial charge in [0.1, 0.15) is 5.17 Å². The van der Waals surface area contributed by atoms with E-state index in [1.807, 2.05) is 6.92 Å². The SMILES string of the molecule is CCC1=CN=C(Cl)C(C=O)=C(Cl)C1. The second kappa shape index (κ2) is 4.58. The Hall–Kier alpha value is -0.600. The Bertz CT molecular complexity index is 316. The molecule has 0 radical (unpaired) electrons. The number of aldehydes is 1. The Morgan fingerprint density at radius 1 is 1.62 bits per heavy atom. The molecule has 0 aromatic rings. The van der Waals surface area contributed by atoms with Gasteiger partial charge in [-0.1, -0.05) is 30.1 Å². The summed E-state index contributed by atoms with van der Waals surface area (Å²) in [5.74, 6) is 0. The molecule has 1 heterocycles. The Morgan fingerprint density at radius 2 is 2.31 bits per heavy atom. The Balaban J connectivity index is 3.07. The highest BCUT2D eigenvalue weighted by molar-refractivity contribution is 6.72. The summed E-state index contributed by atoms with van der Waals surface area (Å²) in [6.45, 7) is 2.01. The van der Waals surface area contributed by atoms with Crippen molar-refractivity contribution in [3.63, 3.8) is 0 Å². The summed E-state index contributed by atoms with van der Waals surface area (Å²) < 4.78 is 0. The fourth-order valence-corrected chi connectivity index (χ4v) is 1.56. The van der Waals surface area contributed by atoms with Crippen LogP contribution in [0, 0.1) is 0 Å². The van der Waals surface area contributed by atoms with Crippen molar-refractivity contribution in [2.45, 2.75) is 19.8 Å². The van der Waals surface area contributed by atoms with Crippen LogP contribution in [-0.4, -0.2) is 11.5 Å². The Kier molecular flexibility index (Phi) is 3.70.